The largest absolute Gasteiger partial charge is 0.366 e. The van der Waals surface area contributed by atoms with E-state index in [0.717, 1.165) is 12.0 Å². The maximum atomic E-state index is 11.0. The highest BCUT2D eigenvalue weighted by atomic mass is 16.1. The smallest absolute Gasteiger partial charge is 0.248 e. The van der Waals surface area contributed by atoms with Crippen LogP contribution in [-0.2, 0) is 6.42 Å². The lowest BCUT2D eigenvalue weighted by atomic mass is 10.0. The quantitative estimate of drug-likeness (QED) is 0.780. The highest BCUT2D eigenvalue weighted by molar-refractivity contribution is 5.94. The molecule has 14 heavy (non-hydrogen) atoms. The second-order valence-electron chi connectivity index (χ2n) is 3.62. The Hall–Kier alpha value is -1.31. The molecule has 0 atom stereocenters. The fourth-order valence-electron chi connectivity index (χ4n) is 1.54. The molecule has 0 heterocycles. The Morgan fingerprint density at radius 2 is 2.14 bits per heavy atom. The number of aryl methyl sites for hydroxylation is 2. The van der Waals surface area contributed by atoms with Crippen LogP contribution in [0.15, 0.2) is 18.2 Å². The number of rotatable bonds is 4. The number of hydrogen-bond acceptors (Lipinski definition) is 1. The van der Waals surface area contributed by atoms with Crippen molar-refractivity contribution in [2.75, 3.05) is 0 Å². The zero-order valence-electron chi connectivity index (χ0n) is 8.84. The van der Waals surface area contributed by atoms with Crippen LogP contribution in [0.5, 0.6) is 0 Å². The number of amides is 1. The first-order valence-electron chi connectivity index (χ1n) is 5.04. The van der Waals surface area contributed by atoms with E-state index in [0.29, 0.717) is 5.56 Å². The number of primary amides is 1. The molecule has 0 spiro atoms. The van der Waals surface area contributed by atoms with Crippen molar-refractivity contribution in [2.45, 2.75) is 33.1 Å². The van der Waals surface area contributed by atoms with E-state index in [-0.39, 0.29) is 5.91 Å². The second kappa shape index (κ2) is 4.80. The van der Waals surface area contributed by atoms with Gasteiger partial charge in [-0.15, -0.1) is 0 Å². The average Bonchev–Trinajstić information content (AvgIpc) is 2.14. The summed E-state index contributed by atoms with van der Waals surface area (Å²) in [6, 6.07) is 5.86. The van der Waals surface area contributed by atoms with Crippen LogP contribution in [0.3, 0.4) is 0 Å². The maximum absolute atomic E-state index is 11.0. The van der Waals surface area contributed by atoms with E-state index in [1.165, 1.54) is 18.4 Å². The summed E-state index contributed by atoms with van der Waals surface area (Å²) in [5.41, 5.74) is 8.12. The van der Waals surface area contributed by atoms with Gasteiger partial charge in [0.15, 0.2) is 0 Å². The lowest BCUT2D eigenvalue weighted by Crippen LogP contribution is -2.12. The Balaban J connectivity index is 2.83. The van der Waals surface area contributed by atoms with Crippen molar-refractivity contribution >= 4 is 5.91 Å². The van der Waals surface area contributed by atoms with E-state index in [4.69, 9.17) is 5.73 Å². The number of nitrogens with two attached hydrogens (primary N) is 1. The molecule has 2 N–H and O–H groups in total. The number of benzene rings is 1. The molecule has 0 unspecified atom stereocenters. The molecule has 0 radical (unpaired) electrons. The van der Waals surface area contributed by atoms with Crippen LogP contribution in [0, 0.1) is 6.92 Å². The molecule has 0 saturated heterocycles. The van der Waals surface area contributed by atoms with Crippen molar-refractivity contribution in [3.05, 3.63) is 34.9 Å². The van der Waals surface area contributed by atoms with E-state index in [2.05, 4.69) is 13.0 Å². The molecule has 0 aliphatic heterocycles. The van der Waals surface area contributed by atoms with Gasteiger partial charge < -0.3 is 5.73 Å². The van der Waals surface area contributed by atoms with Crippen LogP contribution in [0.25, 0.3) is 0 Å². The summed E-state index contributed by atoms with van der Waals surface area (Å²) < 4.78 is 0. The SMILES string of the molecule is CCCCc1ccc(C(N)=O)c(C)c1. The lowest BCUT2D eigenvalue weighted by molar-refractivity contribution is 0.0999. The topological polar surface area (TPSA) is 43.1 Å². The van der Waals surface area contributed by atoms with Gasteiger partial charge in [-0.05, 0) is 37.0 Å². The van der Waals surface area contributed by atoms with Crippen molar-refractivity contribution in [3.63, 3.8) is 0 Å². The van der Waals surface area contributed by atoms with Gasteiger partial charge in [-0.1, -0.05) is 25.5 Å². The zero-order valence-corrected chi connectivity index (χ0v) is 8.84. The van der Waals surface area contributed by atoms with Gasteiger partial charge in [0.05, 0.1) is 0 Å². The van der Waals surface area contributed by atoms with Crippen LogP contribution < -0.4 is 5.73 Å². The van der Waals surface area contributed by atoms with Crippen molar-refractivity contribution < 1.29 is 4.79 Å². The molecule has 76 valence electrons. The summed E-state index contributed by atoms with van der Waals surface area (Å²) in [4.78, 5) is 11.0. The summed E-state index contributed by atoms with van der Waals surface area (Å²) in [7, 11) is 0. The minimum Gasteiger partial charge on any atom is -0.366 e. The van der Waals surface area contributed by atoms with Crippen LogP contribution in [0.2, 0.25) is 0 Å². The molecule has 1 aromatic carbocycles. The van der Waals surface area contributed by atoms with Crippen LogP contribution in [-0.4, -0.2) is 5.91 Å². The van der Waals surface area contributed by atoms with Gasteiger partial charge in [0, 0.05) is 5.56 Å². The fraction of sp³-hybridized carbons (Fsp3) is 0.417. The molecule has 1 amide bonds. The first kappa shape index (κ1) is 10.8. The van der Waals surface area contributed by atoms with E-state index in [1.54, 1.807) is 0 Å². The van der Waals surface area contributed by atoms with Crippen molar-refractivity contribution in [3.8, 4) is 0 Å². The minimum absolute atomic E-state index is 0.343. The van der Waals surface area contributed by atoms with Gasteiger partial charge in [0.2, 0.25) is 5.91 Å². The summed E-state index contributed by atoms with van der Waals surface area (Å²) in [6.07, 6.45) is 3.46. The van der Waals surface area contributed by atoms with E-state index in [9.17, 15) is 4.79 Å². The van der Waals surface area contributed by atoms with Crippen LogP contribution in [0.4, 0.5) is 0 Å². The number of carbonyl (C=O) groups is 1. The standard InChI is InChI=1S/C12H17NO/c1-3-4-5-10-6-7-11(12(13)14)9(2)8-10/h6-8H,3-5H2,1-2H3,(H2,13,14). The number of hydrogen-bond donors (Lipinski definition) is 1. The van der Waals surface area contributed by atoms with Crippen molar-refractivity contribution in [1.29, 1.82) is 0 Å². The molecular weight excluding hydrogens is 174 g/mol. The molecule has 0 aliphatic rings. The Labute approximate surface area is 85.1 Å². The normalized spacial score (nSPS) is 10.1. The summed E-state index contributed by atoms with van der Waals surface area (Å²) in [6.45, 7) is 4.10. The molecule has 1 aromatic rings. The third-order valence-corrected chi connectivity index (χ3v) is 2.38. The van der Waals surface area contributed by atoms with Crippen LogP contribution in [0.1, 0.15) is 41.3 Å². The number of carbonyl (C=O) groups excluding carboxylic acids is 1. The van der Waals surface area contributed by atoms with Crippen molar-refractivity contribution in [1.82, 2.24) is 0 Å². The van der Waals surface area contributed by atoms with Gasteiger partial charge >= 0.3 is 0 Å². The first-order valence-corrected chi connectivity index (χ1v) is 5.04. The average molecular weight is 191 g/mol. The molecular formula is C12H17NO. The molecule has 2 nitrogen and oxygen atoms in total. The Morgan fingerprint density at radius 1 is 1.43 bits per heavy atom. The van der Waals surface area contributed by atoms with Gasteiger partial charge in [-0.25, -0.2) is 0 Å². The highest BCUT2D eigenvalue weighted by Crippen LogP contribution is 2.12. The van der Waals surface area contributed by atoms with Crippen molar-refractivity contribution in [2.24, 2.45) is 5.73 Å². The Morgan fingerprint density at radius 3 is 2.64 bits per heavy atom. The maximum Gasteiger partial charge on any atom is 0.248 e. The third kappa shape index (κ3) is 2.59. The first-order chi connectivity index (χ1) is 6.65. The monoisotopic (exact) mass is 191 g/mol. The van der Waals surface area contributed by atoms with Gasteiger partial charge in [-0.3, -0.25) is 4.79 Å². The molecule has 0 aliphatic carbocycles. The van der Waals surface area contributed by atoms with E-state index >= 15 is 0 Å². The minimum atomic E-state index is -0.343. The van der Waals surface area contributed by atoms with Gasteiger partial charge in [0.25, 0.3) is 0 Å². The van der Waals surface area contributed by atoms with Crippen LogP contribution >= 0.6 is 0 Å². The Bertz CT molecular complexity index is 331. The Kier molecular flexibility index (Phi) is 3.69. The second-order valence-corrected chi connectivity index (χ2v) is 3.62. The molecule has 0 saturated carbocycles. The molecule has 0 fully saturated rings. The molecule has 1 rings (SSSR count). The molecule has 2 heteroatoms. The van der Waals surface area contributed by atoms with E-state index < -0.39 is 0 Å². The summed E-state index contributed by atoms with van der Waals surface area (Å²) in [5, 5.41) is 0. The highest BCUT2D eigenvalue weighted by Gasteiger charge is 2.04. The predicted molar refractivity (Wildman–Crippen MR) is 58.3 cm³/mol. The van der Waals surface area contributed by atoms with E-state index in [1.807, 2.05) is 19.1 Å². The fourth-order valence-corrected chi connectivity index (χ4v) is 1.54. The predicted octanol–water partition coefficient (Wildman–Crippen LogP) is 2.44. The third-order valence-electron chi connectivity index (χ3n) is 2.38. The lowest BCUT2D eigenvalue weighted by Gasteiger charge is -2.05. The van der Waals surface area contributed by atoms with Gasteiger partial charge in [0.1, 0.15) is 0 Å². The van der Waals surface area contributed by atoms with Gasteiger partial charge in [-0.2, -0.15) is 0 Å². The number of unbranched alkanes of at least 4 members (excludes halogenated alkanes) is 1. The summed E-state index contributed by atoms with van der Waals surface area (Å²) in [5.74, 6) is -0.343. The zero-order chi connectivity index (χ0) is 10.6. The molecule has 0 bridgehead atoms. The molecule has 0 aromatic heterocycles. The summed E-state index contributed by atoms with van der Waals surface area (Å²) >= 11 is 0.